The number of unbranched alkanes of at least 4 members (excludes halogenated alkanes) is 6. The molecule has 1 unspecified atom stereocenters. The molecule has 47 heavy (non-hydrogen) atoms. The van der Waals surface area contributed by atoms with E-state index in [0.29, 0.717) is 11.4 Å². The van der Waals surface area contributed by atoms with Crippen molar-refractivity contribution in [2.75, 3.05) is 82.7 Å². The molecule has 2 fully saturated rings. The second-order valence-electron chi connectivity index (χ2n) is 13.7. The third-order valence-corrected chi connectivity index (χ3v) is 10.2. The Labute approximate surface area is 279 Å². The summed E-state index contributed by atoms with van der Waals surface area (Å²) in [5, 5.41) is 14.1. The number of aryl methyl sites for hydroxylation is 1. The molecule has 2 aromatic carbocycles. The standard InChI is InChI=1S/C37H54F3N7/c1-28-32(13-12-14-35(28)37(38,39)40)29(2)41-36-34-27-31(15-16-33(34)30(3)42-43-36)47-25-23-46(24-26-47)18-11-9-7-5-6-8-10-17-45-21-19-44(4)20-22-45/h12-16,27,29H,5-11,17-26H2,1-4H3,(H,41,43). The first-order chi connectivity index (χ1) is 22.6. The number of hydrogen-bond donors (Lipinski definition) is 1. The van der Waals surface area contributed by atoms with E-state index in [0.717, 1.165) is 54.4 Å². The van der Waals surface area contributed by atoms with E-state index >= 15 is 0 Å². The number of alkyl halides is 3. The monoisotopic (exact) mass is 653 g/mol. The lowest BCUT2D eigenvalue weighted by Gasteiger charge is -2.36. The van der Waals surface area contributed by atoms with Crippen molar-refractivity contribution in [2.24, 2.45) is 0 Å². The summed E-state index contributed by atoms with van der Waals surface area (Å²) in [6.07, 6.45) is 4.97. The first kappa shape index (κ1) is 35.4. The number of nitrogens with zero attached hydrogens (tertiary/aromatic N) is 6. The summed E-state index contributed by atoms with van der Waals surface area (Å²) in [4.78, 5) is 10.1. The van der Waals surface area contributed by atoms with Crippen molar-refractivity contribution < 1.29 is 13.2 Å². The normalized spacial score (nSPS) is 17.8. The lowest BCUT2D eigenvalue weighted by molar-refractivity contribution is -0.138. The van der Waals surface area contributed by atoms with E-state index in [1.54, 1.807) is 6.07 Å². The fourth-order valence-corrected chi connectivity index (χ4v) is 7.15. The molecule has 0 radical (unpaired) electrons. The van der Waals surface area contributed by atoms with Gasteiger partial charge >= 0.3 is 6.18 Å². The van der Waals surface area contributed by atoms with Crippen LogP contribution in [0.1, 0.15) is 80.3 Å². The predicted octanol–water partition coefficient (Wildman–Crippen LogP) is 7.54. The van der Waals surface area contributed by atoms with Crippen molar-refractivity contribution in [1.82, 2.24) is 24.9 Å². The molecule has 258 valence electrons. The van der Waals surface area contributed by atoms with Crippen LogP contribution in [0.4, 0.5) is 24.7 Å². The van der Waals surface area contributed by atoms with Gasteiger partial charge in [-0.05, 0) is 83.1 Å². The maximum absolute atomic E-state index is 13.6. The number of nitrogens with one attached hydrogen (secondary N) is 1. The molecule has 7 nitrogen and oxygen atoms in total. The van der Waals surface area contributed by atoms with Crippen molar-refractivity contribution in [3.63, 3.8) is 0 Å². The highest BCUT2D eigenvalue weighted by Gasteiger charge is 2.33. The highest BCUT2D eigenvalue weighted by atomic mass is 19.4. The molecule has 0 spiro atoms. The van der Waals surface area contributed by atoms with Crippen LogP contribution in [-0.4, -0.2) is 97.4 Å². The molecule has 2 saturated heterocycles. The van der Waals surface area contributed by atoms with Crippen LogP contribution in [0.2, 0.25) is 0 Å². The van der Waals surface area contributed by atoms with E-state index in [1.165, 1.54) is 97.2 Å². The van der Waals surface area contributed by atoms with Gasteiger partial charge in [0.2, 0.25) is 0 Å². The smallest absolute Gasteiger partial charge is 0.369 e. The van der Waals surface area contributed by atoms with Gasteiger partial charge in [-0.1, -0.05) is 50.3 Å². The van der Waals surface area contributed by atoms with Crippen LogP contribution in [-0.2, 0) is 6.18 Å². The van der Waals surface area contributed by atoms with Crippen molar-refractivity contribution in [1.29, 1.82) is 0 Å². The van der Waals surface area contributed by atoms with Gasteiger partial charge in [0.15, 0.2) is 5.82 Å². The van der Waals surface area contributed by atoms with Crippen LogP contribution in [0.5, 0.6) is 0 Å². The summed E-state index contributed by atoms with van der Waals surface area (Å²) < 4.78 is 40.7. The average Bonchev–Trinajstić information content (AvgIpc) is 3.05. The molecule has 10 heteroatoms. The third-order valence-electron chi connectivity index (χ3n) is 10.2. The van der Waals surface area contributed by atoms with Gasteiger partial charge in [0.1, 0.15) is 0 Å². The fourth-order valence-electron chi connectivity index (χ4n) is 7.15. The van der Waals surface area contributed by atoms with E-state index in [-0.39, 0.29) is 11.6 Å². The Morgan fingerprint density at radius 1 is 0.745 bits per heavy atom. The van der Waals surface area contributed by atoms with Crippen molar-refractivity contribution in [3.8, 4) is 0 Å². The molecule has 3 heterocycles. The average molecular weight is 654 g/mol. The molecule has 5 rings (SSSR count). The fraction of sp³-hybridized carbons (Fsp3) is 0.622. The SMILES string of the molecule is Cc1c(C(C)Nc2nnc(C)c3ccc(N4CCN(CCCCCCCCCN5CCN(C)CC5)CC4)cc23)cccc1C(F)(F)F. The van der Waals surface area contributed by atoms with Crippen molar-refractivity contribution >= 4 is 22.3 Å². The molecule has 0 saturated carbocycles. The molecule has 0 aliphatic carbocycles. The maximum atomic E-state index is 13.6. The number of likely N-dealkylation sites (N-methyl/N-ethyl adjacent to an activating group) is 1. The lowest BCUT2D eigenvalue weighted by atomic mass is 9.97. The molecule has 1 atom stereocenters. The number of halogens is 3. The molecule has 2 aliphatic rings. The third kappa shape index (κ3) is 9.57. The van der Waals surface area contributed by atoms with Crippen LogP contribution in [0.3, 0.4) is 0 Å². The highest BCUT2D eigenvalue weighted by Crippen LogP contribution is 2.36. The second-order valence-corrected chi connectivity index (χ2v) is 13.7. The van der Waals surface area contributed by atoms with Gasteiger partial charge in [0.25, 0.3) is 0 Å². The summed E-state index contributed by atoms with van der Waals surface area (Å²) in [6.45, 7) is 16.7. The molecule has 0 bridgehead atoms. The Kier molecular flexibility index (Phi) is 12.4. The topological polar surface area (TPSA) is 50.8 Å². The molecule has 0 amide bonds. The number of anilines is 2. The second kappa shape index (κ2) is 16.4. The van der Waals surface area contributed by atoms with Gasteiger partial charge in [-0.3, -0.25) is 4.90 Å². The zero-order chi connectivity index (χ0) is 33.4. The predicted molar refractivity (Wildman–Crippen MR) is 187 cm³/mol. The molecule has 1 N–H and O–H groups in total. The Morgan fingerprint density at radius 3 is 1.96 bits per heavy atom. The Morgan fingerprint density at radius 2 is 1.34 bits per heavy atom. The number of fused-ring (bicyclic) bond motifs is 1. The van der Waals surface area contributed by atoms with Crippen molar-refractivity contribution in [3.05, 3.63) is 58.8 Å². The quantitative estimate of drug-likeness (QED) is 0.181. The van der Waals surface area contributed by atoms with E-state index in [2.05, 4.69) is 60.4 Å². The Hall–Kier alpha value is -2.95. The minimum Gasteiger partial charge on any atom is -0.369 e. The largest absolute Gasteiger partial charge is 0.416 e. The molecule has 2 aliphatic heterocycles. The van der Waals surface area contributed by atoms with Gasteiger partial charge in [-0.15, -0.1) is 5.10 Å². The van der Waals surface area contributed by atoms with Gasteiger partial charge in [0, 0.05) is 68.8 Å². The Balaban J connectivity index is 1.07. The number of hydrogen-bond acceptors (Lipinski definition) is 7. The van der Waals surface area contributed by atoms with Crippen LogP contribution >= 0.6 is 0 Å². The molecule has 3 aromatic rings. The summed E-state index contributed by atoms with van der Waals surface area (Å²) in [6, 6.07) is 10.4. The van der Waals surface area contributed by atoms with Gasteiger partial charge in [0.05, 0.1) is 17.3 Å². The number of piperazine rings is 2. The zero-order valence-electron chi connectivity index (χ0n) is 28.9. The van der Waals surface area contributed by atoms with Gasteiger partial charge < -0.3 is 20.0 Å². The highest BCUT2D eigenvalue weighted by molar-refractivity contribution is 5.95. The first-order valence-electron chi connectivity index (χ1n) is 17.7. The zero-order valence-corrected chi connectivity index (χ0v) is 28.9. The molecular formula is C37H54F3N7. The summed E-state index contributed by atoms with van der Waals surface area (Å²) in [5.74, 6) is 0.588. The van der Waals surface area contributed by atoms with Gasteiger partial charge in [-0.25, -0.2) is 0 Å². The van der Waals surface area contributed by atoms with Crippen LogP contribution in [0.25, 0.3) is 10.8 Å². The van der Waals surface area contributed by atoms with Crippen molar-refractivity contribution in [2.45, 2.75) is 77.9 Å². The number of aromatic nitrogens is 2. The van der Waals surface area contributed by atoms with E-state index in [1.807, 2.05) is 13.8 Å². The minimum atomic E-state index is -4.39. The van der Waals surface area contributed by atoms with E-state index in [4.69, 9.17) is 0 Å². The van der Waals surface area contributed by atoms with E-state index < -0.39 is 11.7 Å². The maximum Gasteiger partial charge on any atom is 0.416 e. The van der Waals surface area contributed by atoms with E-state index in [9.17, 15) is 13.2 Å². The summed E-state index contributed by atoms with van der Waals surface area (Å²) in [7, 11) is 2.22. The first-order valence-corrected chi connectivity index (χ1v) is 17.7. The summed E-state index contributed by atoms with van der Waals surface area (Å²) in [5.41, 5.74) is 2.19. The summed E-state index contributed by atoms with van der Waals surface area (Å²) >= 11 is 0. The van der Waals surface area contributed by atoms with Crippen LogP contribution < -0.4 is 10.2 Å². The van der Waals surface area contributed by atoms with Crippen LogP contribution in [0, 0.1) is 13.8 Å². The Bertz CT molecular complexity index is 1430. The minimum absolute atomic E-state index is 0.232. The molecular weight excluding hydrogens is 599 g/mol. The van der Waals surface area contributed by atoms with Crippen LogP contribution in [0.15, 0.2) is 36.4 Å². The molecule has 1 aromatic heterocycles. The lowest BCUT2D eigenvalue weighted by Crippen LogP contribution is -2.46. The number of benzene rings is 2. The van der Waals surface area contributed by atoms with Gasteiger partial charge in [-0.2, -0.15) is 18.3 Å². The number of rotatable bonds is 14.